The standard InChI is InChI=1S/C11H10N2O2/c1-8(14)9-3-5-10(6-4-9)11(7-12)13-15-2/h3-6H,1-2H3/b13-11+. The van der Waals surface area contributed by atoms with Gasteiger partial charge in [0.2, 0.25) is 0 Å². The monoisotopic (exact) mass is 202 g/mol. The van der Waals surface area contributed by atoms with Gasteiger partial charge in [0.05, 0.1) is 0 Å². The number of nitriles is 1. The van der Waals surface area contributed by atoms with E-state index in [4.69, 9.17) is 5.26 Å². The maximum Gasteiger partial charge on any atom is 0.186 e. The fraction of sp³-hybridized carbons (Fsp3) is 0.182. The number of benzene rings is 1. The van der Waals surface area contributed by atoms with Gasteiger partial charge in [-0.3, -0.25) is 4.79 Å². The Labute approximate surface area is 87.8 Å². The number of nitrogens with zero attached hydrogens (tertiary/aromatic N) is 2. The molecule has 0 amide bonds. The molecule has 0 aromatic heterocycles. The van der Waals surface area contributed by atoms with Gasteiger partial charge in [-0.25, -0.2) is 0 Å². The summed E-state index contributed by atoms with van der Waals surface area (Å²) >= 11 is 0. The third-order valence-corrected chi connectivity index (χ3v) is 1.85. The Balaban J connectivity index is 3.04. The number of Topliss-reactive ketones (excluding diaryl/α,β-unsaturated/α-hetero) is 1. The first-order valence-electron chi connectivity index (χ1n) is 4.31. The third-order valence-electron chi connectivity index (χ3n) is 1.85. The molecule has 4 nitrogen and oxygen atoms in total. The molecule has 0 N–H and O–H groups in total. The van der Waals surface area contributed by atoms with Gasteiger partial charge in [-0.2, -0.15) is 5.26 Å². The van der Waals surface area contributed by atoms with E-state index in [-0.39, 0.29) is 11.5 Å². The third kappa shape index (κ3) is 2.64. The van der Waals surface area contributed by atoms with E-state index in [0.717, 1.165) is 0 Å². The van der Waals surface area contributed by atoms with Gasteiger partial charge in [-0.05, 0) is 6.92 Å². The second-order valence-corrected chi connectivity index (χ2v) is 2.87. The quantitative estimate of drug-likeness (QED) is 0.426. The fourth-order valence-electron chi connectivity index (χ4n) is 1.09. The Kier molecular flexibility index (Phi) is 3.58. The van der Waals surface area contributed by atoms with Crippen LogP contribution in [0.2, 0.25) is 0 Å². The summed E-state index contributed by atoms with van der Waals surface area (Å²) in [7, 11) is 1.38. The van der Waals surface area contributed by atoms with E-state index in [2.05, 4.69) is 9.99 Å². The van der Waals surface area contributed by atoms with Crippen molar-refractivity contribution in [1.82, 2.24) is 0 Å². The first-order valence-corrected chi connectivity index (χ1v) is 4.31. The predicted molar refractivity (Wildman–Crippen MR) is 55.6 cm³/mol. The normalized spacial score (nSPS) is 10.6. The van der Waals surface area contributed by atoms with Gasteiger partial charge in [0, 0.05) is 11.1 Å². The van der Waals surface area contributed by atoms with Gasteiger partial charge >= 0.3 is 0 Å². The first-order chi connectivity index (χ1) is 7.19. The van der Waals surface area contributed by atoms with E-state index in [1.807, 2.05) is 6.07 Å². The maximum atomic E-state index is 11.0. The van der Waals surface area contributed by atoms with Crippen molar-refractivity contribution in [3.63, 3.8) is 0 Å². The molecular formula is C11H10N2O2. The van der Waals surface area contributed by atoms with Gasteiger partial charge in [-0.1, -0.05) is 29.4 Å². The summed E-state index contributed by atoms with van der Waals surface area (Å²) in [6.45, 7) is 1.49. The van der Waals surface area contributed by atoms with Gasteiger partial charge < -0.3 is 4.84 Å². The van der Waals surface area contributed by atoms with E-state index in [1.165, 1.54) is 14.0 Å². The summed E-state index contributed by atoms with van der Waals surface area (Å²) in [6.07, 6.45) is 0. The molecule has 0 spiro atoms. The van der Waals surface area contributed by atoms with Crippen LogP contribution in [0.5, 0.6) is 0 Å². The number of ketones is 1. The summed E-state index contributed by atoms with van der Waals surface area (Å²) in [5.74, 6) is -0.0104. The second kappa shape index (κ2) is 4.91. The molecule has 0 radical (unpaired) electrons. The molecule has 4 heteroatoms. The number of hydrogen-bond donors (Lipinski definition) is 0. The molecule has 76 valence electrons. The fourth-order valence-corrected chi connectivity index (χ4v) is 1.09. The number of rotatable bonds is 3. The minimum Gasteiger partial charge on any atom is -0.398 e. The van der Waals surface area contributed by atoms with Crippen LogP contribution in [0.4, 0.5) is 0 Å². The molecular weight excluding hydrogens is 192 g/mol. The highest BCUT2D eigenvalue weighted by Gasteiger charge is 2.04. The van der Waals surface area contributed by atoms with Crippen molar-refractivity contribution >= 4 is 11.5 Å². The van der Waals surface area contributed by atoms with Crippen molar-refractivity contribution in [3.05, 3.63) is 35.4 Å². The van der Waals surface area contributed by atoms with Crippen LogP contribution >= 0.6 is 0 Å². The Morgan fingerprint density at radius 2 is 1.87 bits per heavy atom. The van der Waals surface area contributed by atoms with Crippen LogP contribution in [0.1, 0.15) is 22.8 Å². The highest BCUT2D eigenvalue weighted by Crippen LogP contribution is 2.06. The highest BCUT2D eigenvalue weighted by atomic mass is 16.6. The predicted octanol–water partition coefficient (Wildman–Crippen LogP) is 1.76. The Hall–Kier alpha value is -2.15. The highest BCUT2D eigenvalue weighted by molar-refractivity contribution is 6.11. The zero-order valence-electron chi connectivity index (χ0n) is 8.52. The SMILES string of the molecule is CO/N=C(\C#N)c1ccc(C(C)=O)cc1. The average Bonchev–Trinajstić information content (AvgIpc) is 2.26. The number of oxime groups is 1. The van der Waals surface area contributed by atoms with Crippen LogP contribution in [0.25, 0.3) is 0 Å². The van der Waals surface area contributed by atoms with E-state index < -0.39 is 0 Å². The van der Waals surface area contributed by atoms with Crippen molar-refractivity contribution in [3.8, 4) is 6.07 Å². The molecule has 0 saturated heterocycles. The topological polar surface area (TPSA) is 62.4 Å². The zero-order chi connectivity index (χ0) is 11.3. The summed E-state index contributed by atoms with van der Waals surface area (Å²) in [6, 6.07) is 8.54. The maximum absolute atomic E-state index is 11.0. The summed E-state index contributed by atoms with van der Waals surface area (Å²) < 4.78 is 0. The average molecular weight is 202 g/mol. The summed E-state index contributed by atoms with van der Waals surface area (Å²) in [5.41, 5.74) is 1.42. The first kappa shape index (κ1) is 10.9. The lowest BCUT2D eigenvalue weighted by Crippen LogP contribution is -1.99. The molecule has 1 aromatic carbocycles. The molecule has 0 heterocycles. The zero-order valence-corrected chi connectivity index (χ0v) is 8.52. The molecule has 0 aliphatic rings. The molecule has 0 atom stereocenters. The molecule has 0 aliphatic carbocycles. The van der Waals surface area contributed by atoms with E-state index in [1.54, 1.807) is 24.3 Å². The van der Waals surface area contributed by atoms with Gasteiger partial charge in [0.1, 0.15) is 13.2 Å². The molecule has 15 heavy (non-hydrogen) atoms. The smallest absolute Gasteiger partial charge is 0.186 e. The van der Waals surface area contributed by atoms with Crippen molar-refractivity contribution in [2.75, 3.05) is 7.11 Å². The van der Waals surface area contributed by atoms with Gasteiger partial charge in [0.25, 0.3) is 0 Å². The minimum atomic E-state index is -0.0104. The van der Waals surface area contributed by atoms with Crippen LogP contribution < -0.4 is 0 Å². The van der Waals surface area contributed by atoms with Crippen LogP contribution in [0.3, 0.4) is 0 Å². The van der Waals surface area contributed by atoms with Crippen LogP contribution in [0, 0.1) is 11.3 Å². The molecule has 0 bridgehead atoms. The Bertz CT molecular complexity index is 427. The van der Waals surface area contributed by atoms with Gasteiger partial charge in [0.15, 0.2) is 11.5 Å². The van der Waals surface area contributed by atoms with E-state index >= 15 is 0 Å². The lowest BCUT2D eigenvalue weighted by Gasteiger charge is -1.98. The molecule has 1 rings (SSSR count). The Morgan fingerprint density at radius 3 is 2.27 bits per heavy atom. The molecule has 0 unspecified atom stereocenters. The number of hydrogen-bond acceptors (Lipinski definition) is 4. The molecule has 0 fully saturated rings. The van der Waals surface area contributed by atoms with Crippen molar-refractivity contribution < 1.29 is 9.63 Å². The second-order valence-electron chi connectivity index (χ2n) is 2.87. The van der Waals surface area contributed by atoms with Crippen molar-refractivity contribution in [2.45, 2.75) is 6.92 Å². The molecule has 0 saturated carbocycles. The van der Waals surface area contributed by atoms with E-state index in [9.17, 15) is 4.79 Å². The Morgan fingerprint density at radius 1 is 1.33 bits per heavy atom. The summed E-state index contributed by atoms with van der Waals surface area (Å²) in [5, 5.41) is 12.3. The lowest BCUT2D eigenvalue weighted by molar-refractivity contribution is 0.101. The lowest BCUT2D eigenvalue weighted by atomic mass is 10.1. The molecule has 1 aromatic rings. The molecule has 0 aliphatic heterocycles. The number of carbonyl (C=O) groups excluding carboxylic acids is 1. The van der Waals surface area contributed by atoms with Crippen molar-refractivity contribution in [2.24, 2.45) is 5.16 Å². The van der Waals surface area contributed by atoms with Crippen LogP contribution in [0.15, 0.2) is 29.4 Å². The minimum absolute atomic E-state index is 0.0104. The van der Waals surface area contributed by atoms with Crippen LogP contribution in [-0.4, -0.2) is 18.6 Å². The number of carbonyl (C=O) groups is 1. The van der Waals surface area contributed by atoms with Gasteiger partial charge in [-0.15, -0.1) is 0 Å². The van der Waals surface area contributed by atoms with Crippen LogP contribution in [-0.2, 0) is 4.84 Å². The van der Waals surface area contributed by atoms with Crippen molar-refractivity contribution in [1.29, 1.82) is 5.26 Å². The van der Waals surface area contributed by atoms with E-state index in [0.29, 0.717) is 11.1 Å². The largest absolute Gasteiger partial charge is 0.398 e. The summed E-state index contributed by atoms with van der Waals surface area (Å²) in [4.78, 5) is 15.5.